The summed E-state index contributed by atoms with van der Waals surface area (Å²) in [4.78, 5) is 14.3. The molecule has 2 rings (SSSR count). The maximum absolute atomic E-state index is 12.4. The third kappa shape index (κ3) is 3.21. The first kappa shape index (κ1) is 15.5. The smallest absolute Gasteiger partial charge is 0.252 e. The molecule has 0 atom stereocenters. The number of carbonyl (C=O) groups is 1. The van der Waals surface area contributed by atoms with Crippen molar-refractivity contribution in [1.29, 1.82) is 0 Å². The summed E-state index contributed by atoms with van der Waals surface area (Å²) in [6.07, 6.45) is 2.12. The van der Waals surface area contributed by atoms with Crippen LogP contribution in [0.1, 0.15) is 24.6 Å². The van der Waals surface area contributed by atoms with Gasteiger partial charge >= 0.3 is 0 Å². The molecule has 0 aromatic carbocycles. The number of hydrogen-bond donors (Lipinski definition) is 0. The SMILES string of the molecule is CCN(C)C(=O)Cc1ccc(S(=O)(=O)N2CCCC2)s1. The van der Waals surface area contributed by atoms with Gasteiger partial charge in [-0.2, -0.15) is 4.31 Å². The van der Waals surface area contributed by atoms with Gasteiger partial charge in [0.2, 0.25) is 5.91 Å². The summed E-state index contributed by atoms with van der Waals surface area (Å²) >= 11 is 1.21. The van der Waals surface area contributed by atoms with Crippen LogP contribution in [0.3, 0.4) is 0 Å². The van der Waals surface area contributed by atoms with Crippen LogP contribution in [0.2, 0.25) is 0 Å². The van der Waals surface area contributed by atoms with Crippen molar-refractivity contribution in [3.05, 3.63) is 17.0 Å². The van der Waals surface area contributed by atoms with Gasteiger partial charge in [-0.05, 0) is 31.9 Å². The number of likely N-dealkylation sites (N-methyl/N-ethyl adjacent to an activating group) is 1. The summed E-state index contributed by atoms with van der Waals surface area (Å²) < 4.78 is 26.6. The fourth-order valence-corrected chi connectivity index (χ4v) is 5.13. The molecule has 0 aliphatic carbocycles. The van der Waals surface area contributed by atoms with E-state index in [0.717, 1.165) is 17.7 Å². The highest BCUT2D eigenvalue weighted by Gasteiger charge is 2.28. The number of nitrogens with zero attached hydrogens (tertiary/aromatic N) is 2. The van der Waals surface area contributed by atoms with E-state index in [2.05, 4.69) is 0 Å². The lowest BCUT2D eigenvalue weighted by molar-refractivity contribution is -0.128. The van der Waals surface area contributed by atoms with Crippen molar-refractivity contribution in [3.8, 4) is 0 Å². The topological polar surface area (TPSA) is 57.7 Å². The third-order valence-corrected chi connectivity index (χ3v) is 6.97. The predicted octanol–water partition coefficient (Wildman–Crippen LogP) is 1.55. The van der Waals surface area contributed by atoms with Crippen LogP contribution in [0.25, 0.3) is 0 Å². The minimum absolute atomic E-state index is 0.0134. The highest BCUT2D eigenvalue weighted by Crippen LogP contribution is 2.27. The molecule has 0 unspecified atom stereocenters. The van der Waals surface area contributed by atoms with Crippen LogP contribution in [0.5, 0.6) is 0 Å². The van der Waals surface area contributed by atoms with Crippen LogP contribution in [0, 0.1) is 0 Å². The van der Waals surface area contributed by atoms with E-state index in [-0.39, 0.29) is 12.3 Å². The molecule has 1 amide bonds. The van der Waals surface area contributed by atoms with Crippen LogP contribution in [-0.4, -0.2) is 50.2 Å². The Bertz CT molecular complexity index is 574. The highest BCUT2D eigenvalue weighted by atomic mass is 32.2. The number of rotatable bonds is 5. The number of carbonyl (C=O) groups excluding carboxylic acids is 1. The summed E-state index contributed by atoms with van der Waals surface area (Å²) in [7, 11) is -1.60. The summed E-state index contributed by atoms with van der Waals surface area (Å²) in [6.45, 7) is 3.78. The van der Waals surface area contributed by atoms with Gasteiger partial charge in [0.15, 0.2) is 0 Å². The van der Waals surface area contributed by atoms with Gasteiger partial charge in [-0.15, -0.1) is 11.3 Å². The molecule has 2 heterocycles. The first-order valence-electron chi connectivity index (χ1n) is 6.78. The van der Waals surface area contributed by atoms with Gasteiger partial charge in [0.05, 0.1) is 6.42 Å². The molecule has 1 aliphatic rings. The Kier molecular flexibility index (Phi) is 4.82. The summed E-state index contributed by atoms with van der Waals surface area (Å²) in [5.41, 5.74) is 0. The van der Waals surface area contributed by atoms with Crippen molar-refractivity contribution >= 4 is 27.3 Å². The maximum Gasteiger partial charge on any atom is 0.252 e. The van der Waals surface area contributed by atoms with Crippen LogP contribution in [0.15, 0.2) is 16.3 Å². The van der Waals surface area contributed by atoms with Gasteiger partial charge in [-0.3, -0.25) is 4.79 Å². The van der Waals surface area contributed by atoms with Crippen LogP contribution in [0.4, 0.5) is 0 Å². The van der Waals surface area contributed by atoms with Crippen LogP contribution >= 0.6 is 11.3 Å². The van der Waals surface area contributed by atoms with Crippen molar-refractivity contribution in [2.45, 2.75) is 30.4 Å². The second-order valence-electron chi connectivity index (χ2n) is 4.92. The molecule has 1 fully saturated rings. The third-order valence-electron chi connectivity index (χ3n) is 3.52. The molecule has 0 N–H and O–H groups in total. The highest BCUT2D eigenvalue weighted by molar-refractivity contribution is 7.91. The molecule has 0 radical (unpaired) electrons. The van der Waals surface area contributed by atoms with E-state index in [1.54, 1.807) is 24.1 Å². The Morgan fingerprint density at radius 3 is 2.60 bits per heavy atom. The molecule has 1 aromatic heterocycles. The van der Waals surface area contributed by atoms with Crippen molar-refractivity contribution in [2.75, 3.05) is 26.7 Å². The van der Waals surface area contributed by atoms with E-state index in [4.69, 9.17) is 0 Å². The van der Waals surface area contributed by atoms with Gasteiger partial charge < -0.3 is 4.90 Å². The van der Waals surface area contributed by atoms with Crippen molar-refractivity contribution in [3.63, 3.8) is 0 Å². The predicted molar refractivity (Wildman–Crippen MR) is 79.3 cm³/mol. The lowest BCUT2D eigenvalue weighted by atomic mass is 10.3. The molecule has 1 aromatic rings. The number of hydrogen-bond acceptors (Lipinski definition) is 4. The fraction of sp³-hybridized carbons (Fsp3) is 0.615. The van der Waals surface area contributed by atoms with Gasteiger partial charge in [-0.1, -0.05) is 0 Å². The molecule has 5 nitrogen and oxygen atoms in total. The molecule has 0 saturated carbocycles. The van der Waals surface area contributed by atoms with Gasteiger partial charge in [0, 0.05) is 31.6 Å². The molecule has 0 bridgehead atoms. The Hall–Kier alpha value is -0.920. The minimum Gasteiger partial charge on any atom is -0.346 e. The molecule has 0 spiro atoms. The zero-order chi connectivity index (χ0) is 14.8. The van der Waals surface area contributed by atoms with Crippen LogP contribution < -0.4 is 0 Å². The average molecular weight is 316 g/mol. The van der Waals surface area contributed by atoms with E-state index in [9.17, 15) is 13.2 Å². The number of sulfonamides is 1. The second kappa shape index (κ2) is 6.24. The van der Waals surface area contributed by atoms with E-state index in [1.807, 2.05) is 6.92 Å². The van der Waals surface area contributed by atoms with Gasteiger partial charge in [-0.25, -0.2) is 8.42 Å². The zero-order valence-corrected chi connectivity index (χ0v) is 13.5. The normalized spacial score (nSPS) is 16.5. The number of amides is 1. The maximum atomic E-state index is 12.4. The average Bonchev–Trinajstić information content (AvgIpc) is 3.08. The van der Waals surface area contributed by atoms with Gasteiger partial charge in [0.25, 0.3) is 10.0 Å². The molecule has 1 aliphatic heterocycles. The fourth-order valence-electron chi connectivity index (χ4n) is 2.11. The van der Waals surface area contributed by atoms with Crippen molar-refractivity contribution in [1.82, 2.24) is 9.21 Å². The molecular weight excluding hydrogens is 296 g/mol. The van der Waals surface area contributed by atoms with E-state index in [0.29, 0.717) is 23.8 Å². The summed E-state index contributed by atoms with van der Waals surface area (Å²) in [5.74, 6) is 0.0134. The molecule has 20 heavy (non-hydrogen) atoms. The Labute approximate surface area is 124 Å². The minimum atomic E-state index is -3.35. The second-order valence-corrected chi connectivity index (χ2v) is 8.25. The molecule has 1 saturated heterocycles. The zero-order valence-electron chi connectivity index (χ0n) is 11.8. The van der Waals surface area contributed by atoms with Gasteiger partial charge in [0.1, 0.15) is 4.21 Å². The lowest BCUT2D eigenvalue weighted by Gasteiger charge is -2.14. The Balaban J connectivity index is 2.10. The largest absolute Gasteiger partial charge is 0.346 e. The Morgan fingerprint density at radius 2 is 2.00 bits per heavy atom. The molecular formula is C13H20N2O3S2. The van der Waals surface area contributed by atoms with E-state index in [1.165, 1.54) is 15.6 Å². The quantitative estimate of drug-likeness (QED) is 0.828. The monoisotopic (exact) mass is 316 g/mol. The number of thiophene rings is 1. The first-order valence-corrected chi connectivity index (χ1v) is 9.03. The van der Waals surface area contributed by atoms with Crippen molar-refractivity contribution in [2.24, 2.45) is 0 Å². The first-order chi connectivity index (χ1) is 9.45. The molecule has 112 valence electrons. The summed E-state index contributed by atoms with van der Waals surface area (Å²) in [6, 6.07) is 3.36. The standard InChI is InChI=1S/C13H20N2O3S2/c1-3-14(2)12(16)10-11-6-7-13(19-11)20(17,18)15-8-4-5-9-15/h6-7H,3-5,8-10H2,1-2H3. The van der Waals surface area contributed by atoms with Crippen LogP contribution in [-0.2, 0) is 21.2 Å². The van der Waals surface area contributed by atoms with E-state index >= 15 is 0 Å². The lowest BCUT2D eigenvalue weighted by Crippen LogP contribution is -2.27. The molecule has 7 heteroatoms. The Morgan fingerprint density at radius 1 is 1.35 bits per heavy atom. The van der Waals surface area contributed by atoms with Crippen molar-refractivity contribution < 1.29 is 13.2 Å². The summed E-state index contributed by atoms with van der Waals surface area (Å²) in [5, 5.41) is 0. The van der Waals surface area contributed by atoms with E-state index < -0.39 is 10.0 Å².